The molecule has 0 aliphatic rings. The second kappa shape index (κ2) is 6.54. The number of hydrogen-bond donors (Lipinski definition) is 2. The molecule has 0 saturated carbocycles. The van der Waals surface area contributed by atoms with Crippen LogP contribution in [0.25, 0.3) is 0 Å². The van der Waals surface area contributed by atoms with E-state index in [2.05, 4.69) is 24.1 Å². The highest BCUT2D eigenvalue weighted by atomic mass is 16.1. The Kier molecular flexibility index (Phi) is 5.34. The summed E-state index contributed by atoms with van der Waals surface area (Å²) >= 11 is 0. The van der Waals surface area contributed by atoms with E-state index in [4.69, 9.17) is 5.73 Å². The van der Waals surface area contributed by atoms with Gasteiger partial charge in [-0.05, 0) is 24.8 Å². The lowest BCUT2D eigenvalue weighted by Gasteiger charge is -2.24. The molecular formula is C13H24N4O. The van der Waals surface area contributed by atoms with E-state index < -0.39 is 0 Å². The van der Waals surface area contributed by atoms with Gasteiger partial charge in [-0.1, -0.05) is 20.8 Å². The van der Waals surface area contributed by atoms with Gasteiger partial charge in [0.15, 0.2) is 5.82 Å². The van der Waals surface area contributed by atoms with Crippen LogP contribution in [0.2, 0.25) is 0 Å². The maximum atomic E-state index is 12.0. The molecule has 0 amide bonds. The molecule has 0 aliphatic heterocycles. The molecule has 0 fully saturated rings. The standard InChI is InChI=1S/C13H24N4O/c1-4-8-17-9-7-15-11(12(17)18)16-10-13(2,3)5-6-14/h7,9H,4-6,8,10,14H2,1-3H3,(H,15,16). The lowest BCUT2D eigenvalue weighted by molar-refractivity contribution is 0.364. The first-order chi connectivity index (χ1) is 8.50. The number of hydrogen-bond acceptors (Lipinski definition) is 4. The van der Waals surface area contributed by atoms with E-state index in [-0.39, 0.29) is 11.0 Å². The Morgan fingerprint density at radius 2 is 2.22 bits per heavy atom. The second-order valence-electron chi connectivity index (χ2n) is 5.33. The summed E-state index contributed by atoms with van der Waals surface area (Å²) in [5.41, 5.74) is 5.58. The van der Waals surface area contributed by atoms with E-state index in [0.29, 0.717) is 18.9 Å². The van der Waals surface area contributed by atoms with Gasteiger partial charge < -0.3 is 15.6 Å². The zero-order chi connectivity index (χ0) is 13.6. The lowest BCUT2D eigenvalue weighted by atomic mass is 9.89. The fraction of sp³-hybridized carbons (Fsp3) is 0.692. The predicted octanol–water partition coefficient (Wildman–Crippen LogP) is 1.44. The Morgan fingerprint density at radius 1 is 1.50 bits per heavy atom. The Morgan fingerprint density at radius 3 is 2.83 bits per heavy atom. The van der Waals surface area contributed by atoms with Crippen molar-refractivity contribution in [2.24, 2.45) is 11.1 Å². The monoisotopic (exact) mass is 252 g/mol. The van der Waals surface area contributed by atoms with Crippen molar-refractivity contribution in [2.75, 3.05) is 18.4 Å². The highest BCUT2D eigenvalue weighted by Gasteiger charge is 2.17. The van der Waals surface area contributed by atoms with Crippen LogP contribution in [-0.4, -0.2) is 22.6 Å². The van der Waals surface area contributed by atoms with Gasteiger partial charge in [0.25, 0.3) is 5.56 Å². The van der Waals surface area contributed by atoms with Crippen molar-refractivity contribution in [3.05, 3.63) is 22.7 Å². The van der Waals surface area contributed by atoms with Crippen molar-refractivity contribution >= 4 is 5.82 Å². The van der Waals surface area contributed by atoms with Crippen LogP contribution in [0, 0.1) is 5.41 Å². The normalized spacial score (nSPS) is 11.6. The molecule has 3 N–H and O–H groups in total. The molecule has 1 aromatic rings. The van der Waals surface area contributed by atoms with E-state index in [1.54, 1.807) is 17.0 Å². The van der Waals surface area contributed by atoms with Crippen molar-refractivity contribution < 1.29 is 0 Å². The summed E-state index contributed by atoms with van der Waals surface area (Å²) in [6.45, 7) is 8.37. The van der Waals surface area contributed by atoms with E-state index in [1.807, 2.05) is 6.92 Å². The van der Waals surface area contributed by atoms with E-state index in [0.717, 1.165) is 19.4 Å². The second-order valence-corrected chi connectivity index (χ2v) is 5.33. The third kappa shape index (κ3) is 4.14. The van der Waals surface area contributed by atoms with Crippen LogP contribution in [0.1, 0.15) is 33.6 Å². The van der Waals surface area contributed by atoms with Crippen molar-refractivity contribution in [3.63, 3.8) is 0 Å². The van der Waals surface area contributed by atoms with Gasteiger partial charge in [0.05, 0.1) is 0 Å². The minimum absolute atomic E-state index is 0.0529. The lowest BCUT2D eigenvalue weighted by Crippen LogP contribution is -2.30. The molecule has 102 valence electrons. The number of aryl methyl sites for hydroxylation is 1. The number of nitrogens with zero attached hydrogens (tertiary/aromatic N) is 2. The van der Waals surface area contributed by atoms with Crippen LogP contribution in [0.15, 0.2) is 17.2 Å². The summed E-state index contributed by atoms with van der Waals surface area (Å²) in [4.78, 5) is 16.2. The predicted molar refractivity (Wildman–Crippen MR) is 74.7 cm³/mol. The summed E-state index contributed by atoms with van der Waals surface area (Å²) in [5, 5.41) is 3.14. The Labute approximate surface area is 108 Å². The highest BCUT2D eigenvalue weighted by molar-refractivity contribution is 5.31. The highest BCUT2D eigenvalue weighted by Crippen LogP contribution is 2.18. The molecule has 0 spiro atoms. The number of nitrogens with two attached hydrogens (primary N) is 1. The average Bonchev–Trinajstić information content (AvgIpc) is 2.30. The summed E-state index contributed by atoms with van der Waals surface area (Å²) in [7, 11) is 0. The topological polar surface area (TPSA) is 72.9 Å². The zero-order valence-electron chi connectivity index (χ0n) is 11.6. The molecule has 5 nitrogen and oxygen atoms in total. The first-order valence-corrected chi connectivity index (χ1v) is 6.49. The van der Waals surface area contributed by atoms with Crippen LogP contribution < -0.4 is 16.6 Å². The van der Waals surface area contributed by atoms with Gasteiger partial charge in [-0.2, -0.15) is 0 Å². The number of rotatable bonds is 7. The number of nitrogens with one attached hydrogen (secondary N) is 1. The first-order valence-electron chi connectivity index (χ1n) is 6.49. The number of aromatic nitrogens is 2. The summed E-state index contributed by atoms with van der Waals surface area (Å²) in [5.74, 6) is 0.427. The van der Waals surface area contributed by atoms with Gasteiger partial charge in [0.1, 0.15) is 0 Å². The minimum Gasteiger partial charge on any atom is -0.365 e. The summed E-state index contributed by atoms with van der Waals surface area (Å²) < 4.78 is 1.69. The van der Waals surface area contributed by atoms with Gasteiger partial charge >= 0.3 is 0 Å². The quantitative estimate of drug-likeness (QED) is 0.770. The van der Waals surface area contributed by atoms with Gasteiger partial charge in [-0.3, -0.25) is 4.79 Å². The summed E-state index contributed by atoms with van der Waals surface area (Å²) in [6, 6.07) is 0. The molecule has 18 heavy (non-hydrogen) atoms. The molecule has 0 aromatic carbocycles. The van der Waals surface area contributed by atoms with E-state index in [1.165, 1.54) is 0 Å². The average molecular weight is 252 g/mol. The van der Waals surface area contributed by atoms with Gasteiger partial charge in [0.2, 0.25) is 0 Å². The molecule has 0 radical (unpaired) electrons. The third-order valence-corrected chi connectivity index (χ3v) is 2.93. The first kappa shape index (κ1) is 14.7. The van der Waals surface area contributed by atoms with Crippen LogP contribution in [0.4, 0.5) is 5.82 Å². The van der Waals surface area contributed by atoms with Crippen LogP contribution in [-0.2, 0) is 6.54 Å². The van der Waals surface area contributed by atoms with E-state index in [9.17, 15) is 4.79 Å². The molecule has 0 aliphatic carbocycles. The maximum Gasteiger partial charge on any atom is 0.293 e. The Bertz CT molecular complexity index is 425. The van der Waals surface area contributed by atoms with Crippen molar-refractivity contribution in [1.82, 2.24) is 9.55 Å². The van der Waals surface area contributed by atoms with Crippen LogP contribution in [0.3, 0.4) is 0 Å². The molecule has 0 saturated heterocycles. The number of anilines is 1. The zero-order valence-corrected chi connectivity index (χ0v) is 11.6. The van der Waals surface area contributed by atoms with E-state index >= 15 is 0 Å². The third-order valence-electron chi connectivity index (χ3n) is 2.93. The molecule has 0 atom stereocenters. The van der Waals surface area contributed by atoms with Gasteiger partial charge in [-0.15, -0.1) is 0 Å². The summed E-state index contributed by atoms with van der Waals surface area (Å²) in [6.07, 6.45) is 5.23. The Hall–Kier alpha value is -1.36. The molecular weight excluding hydrogens is 228 g/mol. The van der Waals surface area contributed by atoms with Crippen molar-refractivity contribution in [2.45, 2.75) is 40.2 Å². The molecule has 1 heterocycles. The fourth-order valence-electron chi connectivity index (χ4n) is 1.79. The minimum atomic E-state index is -0.0529. The van der Waals surface area contributed by atoms with Crippen LogP contribution in [0.5, 0.6) is 0 Å². The van der Waals surface area contributed by atoms with Crippen LogP contribution >= 0.6 is 0 Å². The van der Waals surface area contributed by atoms with Crippen molar-refractivity contribution in [3.8, 4) is 0 Å². The largest absolute Gasteiger partial charge is 0.365 e. The smallest absolute Gasteiger partial charge is 0.293 e. The molecule has 5 heteroatoms. The maximum absolute atomic E-state index is 12.0. The molecule has 1 rings (SSSR count). The Balaban J connectivity index is 2.74. The van der Waals surface area contributed by atoms with Gasteiger partial charge in [-0.25, -0.2) is 4.98 Å². The fourth-order valence-corrected chi connectivity index (χ4v) is 1.79. The van der Waals surface area contributed by atoms with Gasteiger partial charge in [0, 0.05) is 25.5 Å². The molecule has 1 aromatic heterocycles. The SMILES string of the molecule is CCCn1ccnc(NCC(C)(C)CCN)c1=O. The molecule has 0 unspecified atom stereocenters. The van der Waals surface area contributed by atoms with Crippen molar-refractivity contribution in [1.29, 1.82) is 0 Å². The molecule has 0 bridgehead atoms.